The number of fused-ring (bicyclic) bond motifs is 1. The minimum atomic E-state index is -1.24. The van der Waals surface area contributed by atoms with Gasteiger partial charge in [0.2, 0.25) is 5.16 Å². The minimum absolute atomic E-state index is 0.0659. The first-order chi connectivity index (χ1) is 15.3. The first kappa shape index (κ1) is 22.0. The number of nitrogens with two attached hydrogens (primary N) is 1. The maximum absolute atomic E-state index is 12.8. The second kappa shape index (κ2) is 8.75. The van der Waals surface area contributed by atoms with Crippen molar-refractivity contribution in [1.82, 2.24) is 35.4 Å². The molecule has 2 aromatic heterocycles. The Bertz CT molecular complexity index is 1160. The monoisotopic (exact) mass is 497 g/mol. The molecule has 0 saturated carbocycles. The van der Waals surface area contributed by atoms with Crippen LogP contribution in [0.1, 0.15) is 5.69 Å². The van der Waals surface area contributed by atoms with E-state index in [-0.39, 0.29) is 22.3 Å². The molecule has 0 aliphatic carbocycles. The van der Waals surface area contributed by atoms with E-state index in [9.17, 15) is 24.7 Å². The third-order valence-corrected chi connectivity index (χ3v) is 7.68. The van der Waals surface area contributed by atoms with E-state index < -0.39 is 34.9 Å². The highest BCUT2D eigenvalue weighted by molar-refractivity contribution is 8.01. The first-order valence-electron chi connectivity index (χ1n) is 8.81. The van der Waals surface area contributed by atoms with E-state index in [1.54, 1.807) is 7.05 Å². The van der Waals surface area contributed by atoms with Crippen molar-refractivity contribution in [3.8, 4) is 0 Å². The molecule has 2 atom stereocenters. The summed E-state index contributed by atoms with van der Waals surface area (Å²) in [5.74, 6) is -2.03. The predicted molar refractivity (Wildman–Crippen MR) is 114 cm³/mol. The fourth-order valence-corrected chi connectivity index (χ4v) is 5.99. The summed E-state index contributed by atoms with van der Waals surface area (Å²) < 4.78 is 1.46. The van der Waals surface area contributed by atoms with Gasteiger partial charge in [-0.1, -0.05) is 16.9 Å². The summed E-state index contributed by atoms with van der Waals surface area (Å²) in [6.07, 6.45) is 0. The Balaban J connectivity index is 1.48. The van der Waals surface area contributed by atoms with Gasteiger partial charge in [0, 0.05) is 23.9 Å². The van der Waals surface area contributed by atoms with Crippen LogP contribution in [0.5, 0.6) is 0 Å². The molecule has 1 fully saturated rings. The lowest BCUT2D eigenvalue weighted by molar-refractivity contribution is -0.150. The standard InChI is InChI=1S/C15H15N9O5S3/c1-23-15(19-21-22-23)32-3-5-2-30-12-8(11(26)24(12)9(5)13(27)28)18-10(25)7(20-29)6-4-31-14(16)17-6/h4,8,12,29H,2-3H2,1H3,(H2,16,17)(H,18,25)(H,27,28)/b20-7-/t8-,12-/m1/s1. The largest absolute Gasteiger partial charge is 0.477 e. The average molecular weight is 498 g/mol. The number of carbonyl (C=O) groups is 3. The van der Waals surface area contributed by atoms with Gasteiger partial charge in [0.05, 0.1) is 0 Å². The minimum Gasteiger partial charge on any atom is -0.477 e. The van der Waals surface area contributed by atoms with Crippen LogP contribution in [0.3, 0.4) is 0 Å². The molecule has 0 bridgehead atoms. The highest BCUT2D eigenvalue weighted by atomic mass is 32.2. The number of tetrazole rings is 1. The lowest BCUT2D eigenvalue weighted by atomic mass is 10.0. The van der Waals surface area contributed by atoms with Crippen molar-refractivity contribution in [2.75, 3.05) is 17.2 Å². The van der Waals surface area contributed by atoms with Crippen LogP contribution in [0.25, 0.3) is 0 Å². The van der Waals surface area contributed by atoms with Gasteiger partial charge in [-0.15, -0.1) is 28.2 Å². The van der Waals surface area contributed by atoms with Crippen LogP contribution in [0, 0.1) is 0 Å². The molecule has 168 valence electrons. The number of thioether (sulfide) groups is 2. The molecule has 0 radical (unpaired) electrons. The number of aromatic nitrogens is 5. The maximum Gasteiger partial charge on any atom is 0.352 e. The molecule has 4 heterocycles. The van der Waals surface area contributed by atoms with Gasteiger partial charge in [-0.05, 0) is 16.0 Å². The van der Waals surface area contributed by atoms with Gasteiger partial charge >= 0.3 is 5.97 Å². The number of hydrogen-bond donors (Lipinski definition) is 4. The van der Waals surface area contributed by atoms with Gasteiger partial charge in [0.1, 0.15) is 22.8 Å². The van der Waals surface area contributed by atoms with Crippen LogP contribution >= 0.6 is 34.9 Å². The van der Waals surface area contributed by atoms with Gasteiger partial charge < -0.3 is 21.4 Å². The summed E-state index contributed by atoms with van der Waals surface area (Å²) in [7, 11) is 1.66. The molecule has 1 saturated heterocycles. The zero-order chi connectivity index (χ0) is 23.0. The molecule has 32 heavy (non-hydrogen) atoms. The van der Waals surface area contributed by atoms with Gasteiger partial charge in [-0.2, -0.15) is 0 Å². The third kappa shape index (κ3) is 3.89. The number of carboxylic acid groups (broad SMARTS) is 1. The van der Waals surface area contributed by atoms with Crippen molar-refractivity contribution in [2.24, 2.45) is 12.2 Å². The van der Waals surface area contributed by atoms with Gasteiger partial charge in [0.15, 0.2) is 10.8 Å². The molecule has 2 amide bonds. The van der Waals surface area contributed by atoms with Gasteiger partial charge in [-0.25, -0.2) is 14.5 Å². The Hall–Kier alpha value is -3.18. The Kier molecular flexibility index (Phi) is 6.02. The van der Waals surface area contributed by atoms with Crippen LogP contribution in [0.2, 0.25) is 0 Å². The number of nitrogens with zero attached hydrogens (tertiary/aromatic N) is 7. The van der Waals surface area contributed by atoms with Crippen molar-refractivity contribution in [1.29, 1.82) is 0 Å². The molecule has 14 nitrogen and oxygen atoms in total. The SMILES string of the molecule is Cn1nnnc1SCC1=C(C(=O)O)N2C(=O)[C@@H](NC(=O)/C(=N\O)c3csc(N)n3)[C@H]2SC1. The summed E-state index contributed by atoms with van der Waals surface area (Å²) in [5.41, 5.74) is 5.64. The summed E-state index contributed by atoms with van der Waals surface area (Å²) in [4.78, 5) is 42.3. The molecule has 17 heteroatoms. The highest BCUT2D eigenvalue weighted by Gasteiger charge is 2.54. The number of anilines is 1. The van der Waals surface area contributed by atoms with Crippen LogP contribution in [-0.2, 0) is 21.4 Å². The smallest absolute Gasteiger partial charge is 0.352 e. The Morgan fingerprint density at radius 3 is 2.84 bits per heavy atom. The average Bonchev–Trinajstić information content (AvgIpc) is 3.37. The quantitative estimate of drug-likeness (QED) is 0.119. The second-order valence-corrected chi connectivity index (χ2v) is 9.45. The Morgan fingerprint density at radius 1 is 1.47 bits per heavy atom. The number of aliphatic carboxylic acids is 1. The molecule has 0 aromatic carbocycles. The molecule has 5 N–H and O–H groups in total. The topological polar surface area (TPSA) is 202 Å². The zero-order valence-electron chi connectivity index (χ0n) is 16.2. The molecule has 2 aliphatic heterocycles. The van der Waals surface area contributed by atoms with E-state index in [0.717, 1.165) is 16.2 Å². The van der Waals surface area contributed by atoms with Crippen LogP contribution in [-0.4, -0.2) is 86.8 Å². The van der Waals surface area contributed by atoms with E-state index in [2.05, 4.69) is 31.0 Å². The van der Waals surface area contributed by atoms with E-state index >= 15 is 0 Å². The lowest BCUT2D eigenvalue weighted by Crippen LogP contribution is -2.71. The number of hydrogen-bond acceptors (Lipinski definition) is 13. The zero-order valence-corrected chi connectivity index (χ0v) is 18.6. The fourth-order valence-electron chi connectivity index (χ4n) is 3.11. The second-order valence-electron chi connectivity index (χ2n) is 6.51. The number of aryl methyl sites for hydroxylation is 1. The highest BCUT2D eigenvalue weighted by Crippen LogP contribution is 2.41. The normalized spacial score (nSPS) is 20.7. The summed E-state index contributed by atoms with van der Waals surface area (Å²) in [6.45, 7) is 0. The number of oxime groups is 1. The third-order valence-electron chi connectivity index (χ3n) is 4.57. The summed E-state index contributed by atoms with van der Waals surface area (Å²) in [5, 5.41) is 37.0. The Labute approximate surface area is 191 Å². The molecular formula is C15H15N9O5S3. The number of β-lactam (4-membered cyclic amide) rings is 1. The molecule has 2 aromatic rings. The lowest BCUT2D eigenvalue weighted by Gasteiger charge is -2.49. The number of carboxylic acids is 1. The van der Waals surface area contributed by atoms with Gasteiger partial charge in [0.25, 0.3) is 11.8 Å². The van der Waals surface area contributed by atoms with E-state index in [1.807, 2.05) is 0 Å². The summed E-state index contributed by atoms with van der Waals surface area (Å²) in [6, 6.07) is -0.980. The van der Waals surface area contributed by atoms with Crippen molar-refractivity contribution < 1.29 is 24.7 Å². The van der Waals surface area contributed by atoms with Crippen molar-refractivity contribution in [3.63, 3.8) is 0 Å². The fraction of sp³-hybridized carbons (Fsp3) is 0.333. The number of rotatable bonds is 7. The van der Waals surface area contributed by atoms with E-state index in [1.165, 1.54) is 33.6 Å². The predicted octanol–water partition coefficient (Wildman–Crippen LogP) is -1.04. The number of nitrogens with one attached hydrogen (secondary N) is 1. The number of nitrogen functional groups attached to an aromatic ring is 1. The summed E-state index contributed by atoms with van der Waals surface area (Å²) >= 11 is 3.63. The van der Waals surface area contributed by atoms with E-state index in [0.29, 0.717) is 16.5 Å². The number of carbonyl (C=O) groups excluding carboxylic acids is 2. The van der Waals surface area contributed by atoms with Crippen molar-refractivity contribution in [3.05, 3.63) is 22.3 Å². The Morgan fingerprint density at radius 2 is 2.25 bits per heavy atom. The number of thiazole rings is 1. The first-order valence-corrected chi connectivity index (χ1v) is 11.7. The number of amides is 2. The van der Waals surface area contributed by atoms with Crippen LogP contribution in [0.15, 0.2) is 27.0 Å². The maximum atomic E-state index is 12.8. The molecular weight excluding hydrogens is 482 g/mol. The van der Waals surface area contributed by atoms with Crippen LogP contribution < -0.4 is 11.1 Å². The molecule has 2 aliphatic rings. The molecule has 0 spiro atoms. The van der Waals surface area contributed by atoms with Crippen molar-refractivity contribution in [2.45, 2.75) is 16.6 Å². The van der Waals surface area contributed by atoms with Gasteiger partial charge in [-0.3, -0.25) is 14.5 Å². The van der Waals surface area contributed by atoms with Crippen LogP contribution in [0.4, 0.5) is 5.13 Å². The van der Waals surface area contributed by atoms with E-state index in [4.69, 9.17) is 5.73 Å². The van der Waals surface area contributed by atoms with Crippen molar-refractivity contribution >= 4 is 63.5 Å². The molecule has 0 unspecified atom stereocenters. The molecule has 4 rings (SSSR count).